The molecule has 1 rings (SSSR count). The van der Waals surface area contributed by atoms with Gasteiger partial charge in [-0.1, -0.05) is 50.3 Å². The molecule has 0 radical (unpaired) electrons. The monoisotopic (exact) mass is 192 g/mol. The van der Waals surface area contributed by atoms with Crippen LogP contribution in [0, 0.1) is 0 Å². The van der Waals surface area contributed by atoms with Crippen LogP contribution in [-0.2, 0) is 0 Å². The molecule has 0 aliphatic rings. The van der Waals surface area contributed by atoms with Gasteiger partial charge in [0.15, 0.2) is 0 Å². The van der Waals surface area contributed by atoms with Gasteiger partial charge >= 0.3 is 0 Å². The van der Waals surface area contributed by atoms with Crippen LogP contribution in [0.2, 0.25) is 0 Å². The Morgan fingerprint density at radius 1 is 1.23 bits per heavy atom. The van der Waals surface area contributed by atoms with Crippen molar-refractivity contribution >= 4 is 16.7 Å². The molecule has 1 aromatic rings. The van der Waals surface area contributed by atoms with E-state index in [0.717, 1.165) is 0 Å². The van der Waals surface area contributed by atoms with E-state index in [1.807, 2.05) is 11.8 Å². The molecule has 1 aromatic carbocycles. The second-order valence-electron chi connectivity index (χ2n) is 3.19. The van der Waals surface area contributed by atoms with Crippen molar-refractivity contribution < 1.29 is 0 Å². The van der Waals surface area contributed by atoms with Gasteiger partial charge in [0.1, 0.15) is 0 Å². The predicted octanol–water partition coefficient (Wildman–Crippen LogP) is 4.19. The Hall–Kier alpha value is -0.690. The summed E-state index contributed by atoms with van der Waals surface area (Å²) >= 11 is 1.91. The van der Waals surface area contributed by atoms with Gasteiger partial charge in [-0.2, -0.15) is 0 Å². The molecule has 0 fully saturated rings. The third kappa shape index (κ3) is 3.27. The maximum absolute atomic E-state index is 2.22. The molecule has 0 saturated heterocycles. The highest BCUT2D eigenvalue weighted by Gasteiger charge is 2.02. The van der Waals surface area contributed by atoms with Gasteiger partial charge in [-0.05, 0) is 12.5 Å². The summed E-state index contributed by atoms with van der Waals surface area (Å²) in [7, 11) is 0. The van der Waals surface area contributed by atoms with Gasteiger partial charge in [-0.15, -0.1) is 11.8 Å². The first-order valence-corrected chi connectivity index (χ1v) is 5.50. The molecule has 0 aliphatic heterocycles. The second kappa shape index (κ2) is 5.13. The van der Waals surface area contributed by atoms with Gasteiger partial charge < -0.3 is 0 Å². The summed E-state index contributed by atoms with van der Waals surface area (Å²) in [4.78, 5) is 1.37. The van der Waals surface area contributed by atoms with Gasteiger partial charge in [0, 0.05) is 10.2 Å². The van der Waals surface area contributed by atoms with Crippen molar-refractivity contribution in [3.8, 4) is 0 Å². The number of allylic oxidation sites excluding steroid dienone is 1. The highest BCUT2D eigenvalue weighted by molar-refractivity contribution is 8.08. The predicted molar refractivity (Wildman–Crippen MR) is 62.8 cm³/mol. The topological polar surface area (TPSA) is 0 Å². The van der Waals surface area contributed by atoms with Crippen molar-refractivity contribution in [2.24, 2.45) is 0 Å². The average Bonchev–Trinajstić information content (AvgIpc) is 2.15. The molecule has 0 amide bonds. The summed E-state index contributed by atoms with van der Waals surface area (Å²) in [5, 5.41) is 0.645. The van der Waals surface area contributed by atoms with Gasteiger partial charge in [-0.3, -0.25) is 0 Å². The van der Waals surface area contributed by atoms with E-state index in [9.17, 15) is 0 Å². The van der Waals surface area contributed by atoms with E-state index < -0.39 is 0 Å². The SMILES string of the molecule is C/C=C(\SC(C)C)c1ccccc1. The Morgan fingerprint density at radius 2 is 1.85 bits per heavy atom. The Labute approximate surface area is 85.1 Å². The average molecular weight is 192 g/mol. The number of hydrogen-bond donors (Lipinski definition) is 0. The molecule has 0 nitrogen and oxygen atoms in total. The zero-order chi connectivity index (χ0) is 9.68. The summed E-state index contributed by atoms with van der Waals surface area (Å²) < 4.78 is 0. The molecule has 0 aliphatic carbocycles. The summed E-state index contributed by atoms with van der Waals surface area (Å²) in [6.07, 6.45) is 2.18. The van der Waals surface area contributed by atoms with Gasteiger partial charge in [-0.25, -0.2) is 0 Å². The van der Waals surface area contributed by atoms with E-state index in [-0.39, 0.29) is 0 Å². The first kappa shape index (κ1) is 10.4. The standard InChI is InChI=1S/C12H16S/c1-4-12(13-10(2)3)11-8-6-5-7-9-11/h4-10H,1-3H3/b12-4-. The fraction of sp³-hybridized carbons (Fsp3) is 0.333. The fourth-order valence-electron chi connectivity index (χ4n) is 1.16. The zero-order valence-corrected chi connectivity index (χ0v) is 9.27. The van der Waals surface area contributed by atoms with Crippen molar-refractivity contribution in [1.82, 2.24) is 0 Å². The lowest BCUT2D eigenvalue weighted by Gasteiger charge is -2.09. The molecule has 0 unspecified atom stereocenters. The van der Waals surface area contributed by atoms with Crippen LogP contribution in [0.4, 0.5) is 0 Å². The molecule has 0 N–H and O–H groups in total. The number of rotatable bonds is 3. The minimum atomic E-state index is 0.645. The van der Waals surface area contributed by atoms with Crippen molar-refractivity contribution in [1.29, 1.82) is 0 Å². The molecular weight excluding hydrogens is 176 g/mol. The van der Waals surface area contributed by atoms with E-state index in [4.69, 9.17) is 0 Å². The van der Waals surface area contributed by atoms with Crippen LogP contribution < -0.4 is 0 Å². The fourth-order valence-corrected chi connectivity index (χ4v) is 2.08. The number of hydrogen-bond acceptors (Lipinski definition) is 1. The lowest BCUT2D eigenvalue weighted by atomic mass is 10.2. The highest BCUT2D eigenvalue weighted by atomic mass is 32.2. The van der Waals surface area contributed by atoms with Crippen LogP contribution in [0.15, 0.2) is 36.4 Å². The smallest absolute Gasteiger partial charge is 0.0104 e. The van der Waals surface area contributed by atoms with E-state index >= 15 is 0 Å². The Morgan fingerprint density at radius 3 is 2.31 bits per heavy atom. The van der Waals surface area contributed by atoms with Gasteiger partial charge in [0.25, 0.3) is 0 Å². The third-order valence-electron chi connectivity index (χ3n) is 1.68. The molecule has 0 atom stereocenters. The first-order chi connectivity index (χ1) is 6.24. The van der Waals surface area contributed by atoms with Crippen LogP contribution >= 0.6 is 11.8 Å². The van der Waals surface area contributed by atoms with E-state index in [1.165, 1.54) is 10.5 Å². The van der Waals surface area contributed by atoms with Gasteiger partial charge in [0.05, 0.1) is 0 Å². The maximum Gasteiger partial charge on any atom is 0.0104 e. The maximum atomic E-state index is 2.22. The normalized spacial score (nSPS) is 12.2. The molecule has 1 heteroatoms. The van der Waals surface area contributed by atoms with Crippen LogP contribution in [0.3, 0.4) is 0 Å². The number of benzene rings is 1. The molecular formula is C12H16S. The van der Waals surface area contributed by atoms with E-state index in [0.29, 0.717) is 5.25 Å². The molecule has 0 spiro atoms. The molecule has 0 heterocycles. The van der Waals surface area contributed by atoms with Crippen molar-refractivity contribution in [3.63, 3.8) is 0 Å². The Balaban J connectivity index is 2.80. The molecule has 0 saturated carbocycles. The number of thioether (sulfide) groups is 1. The third-order valence-corrected chi connectivity index (χ3v) is 2.88. The van der Waals surface area contributed by atoms with Crippen LogP contribution in [0.25, 0.3) is 4.91 Å². The largest absolute Gasteiger partial charge is 0.123 e. The quantitative estimate of drug-likeness (QED) is 0.692. The lowest BCUT2D eigenvalue weighted by molar-refractivity contribution is 1.12. The summed E-state index contributed by atoms with van der Waals surface area (Å²) in [5.41, 5.74) is 1.32. The van der Waals surface area contributed by atoms with Crippen LogP contribution in [0.1, 0.15) is 26.3 Å². The van der Waals surface area contributed by atoms with Gasteiger partial charge in [0.2, 0.25) is 0 Å². The summed E-state index contributed by atoms with van der Waals surface area (Å²) in [6, 6.07) is 10.5. The first-order valence-electron chi connectivity index (χ1n) is 4.62. The second-order valence-corrected chi connectivity index (χ2v) is 4.80. The zero-order valence-electron chi connectivity index (χ0n) is 8.45. The van der Waals surface area contributed by atoms with Crippen molar-refractivity contribution in [3.05, 3.63) is 42.0 Å². The lowest BCUT2D eigenvalue weighted by Crippen LogP contribution is -1.88. The minimum Gasteiger partial charge on any atom is -0.123 e. The van der Waals surface area contributed by atoms with Crippen LogP contribution in [0.5, 0.6) is 0 Å². The van der Waals surface area contributed by atoms with E-state index in [1.54, 1.807) is 0 Å². The summed E-state index contributed by atoms with van der Waals surface area (Å²) in [5.74, 6) is 0. The Bertz CT molecular complexity index is 272. The molecule has 0 bridgehead atoms. The minimum absolute atomic E-state index is 0.645. The Kier molecular flexibility index (Phi) is 4.10. The van der Waals surface area contributed by atoms with Crippen LogP contribution in [-0.4, -0.2) is 5.25 Å². The molecule has 0 aromatic heterocycles. The molecule has 13 heavy (non-hydrogen) atoms. The van der Waals surface area contributed by atoms with E-state index in [2.05, 4.69) is 57.2 Å². The highest BCUT2D eigenvalue weighted by Crippen LogP contribution is 2.30. The summed E-state index contributed by atoms with van der Waals surface area (Å²) in [6.45, 7) is 6.53. The van der Waals surface area contributed by atoms with Crippen molar-refractivity contribution in [2.45, 2.75) is 26.0 Å². The van der Waals surface area contributed by atoms with Crippen molar-refractivity contribution in [2.75, 3.05) is 0 Å². The molecule has 70 valence electrons.